The number of nitrogens with zero attached hydrogens (tertiary/aromatic N) is 5. The van der Waals surface area contributed by atoms with Gasteiger partial charge in [-0.1, -0.05) is 0 Å². The summed E-state index contributed by atoms with van der Waals surface area (Å²) < 4.78 is 51.8. The third-order valence-electron chi connectivity index (χ3n) is 13.0. The number of hydrogen-bond acceptors (Lipinski definition) is 10. The minimum atomic E-state index is -4.52. The normalized spacial score (nSPS) is 27.1. The Bertz CT molecular complexity index is 1580. The van der Waals surface area contributed by atoms with Gasteiger partial charge in [0, 0.05) is 43.0 Å². The van der Waals surface area contributed by atoms with Gasteiger partial charge in [0.15, 0.2) is 0 Å². The summed E-state index contributed by atoms with van der Waals surface area (Å²) in [5.41, 5.74) is 5.02. The summed E-state index contributed by atoms with van der Waals surface area (Å²) in [7, 11) is 2.13. The van der Waals surface area contributed by atoms with Crippen molar-refractivity contribution in [3.63, 3.8) is 0 Å². The molecule has 2 aromatic rings. The molecular formula is C41H63F3N8O4. The number of alkyl halides is 3. The lowest BCUT2D eigenvalue weighted by molar-refractivity contribution is -0.137. The number of hydrogen-bond donors (Lipinski definition) is 3. The first-order chi connectivity index (χ1) is 26.9. The number of ether oxygens (including phenoxy) is 2. The van der Waals surface area contributed by atoms with Gasteiger partial charge in [0.1, 0.15) is 18.2 Å². The maximum atomic E-state index is 14.0. The number of rotatable bonds is 16. The smallest absolute Gasteiger partial charge is 0.378 e. The van der Waals surface area contributed by atoms with E-state index in [0.717, 1.165) is 76.7 Å². The topological polar surface area (TPSA) is 138 Å². The van der Waals surface area contributed by atoms with Crippen molar-refractivity contribution in [2.45, 2.75) is 114 Å². The minimum Gasteiger partial charge on any atom is -0.378 e. The second-order valence-corrected chi connectivity index (χ2v) is 16.7. The summed E-state index contributed by atoms with van der Waals surface area (Å²) in [6, 6.07) is 2.99. The van der Waals surface area contributed by atoms with E-state index >= 15 is 0 Å². The van der Waals surface area contributed by atoms with E-state index in [0.29, 0.717) is 69.3 Å². The van der Waals surface area contributed by atoms with Crippen LogP contribution in [0.4, 0.5) is 19.0 Å². The van der Waals surface area contributed by atoms with Crippen LogP contribution in [-0.2, 0) is 25.2 Å². The van der Waals surface area contributed by atoms with Crippen LogP contribution in [-0.4, -0.2) is 133 Å². The molecule has 2 amide bonds. The van der Waals surface area contributed by atoms with Crippen LogP contribution in [0.1, 0.15) is 83.6 Å². The Hall–Kier alpha value is -3.11. The molecule has 0 radical (unpaired) electrons. The molecule has 2 aliphatic heterocycles. The molecule has 6 rings (SSSR count). The van der Waals surface area contributed by atoms with Crippen molar-refractivity contribution in [3.05, 3.63) is 30.1 Å². The molecule has 4 aliphatic rings. The second kappa shape index (κ2) is 19.6. The summed E-state index contributed by atoms with van der Waals surface area (Å²) in [5.74, 6) is 1.52. The molecule has 1 aromatic carbocycles. The van der Waals surface area contributed by atoms with Crippen molar-refractivity contribution in [1.29, 1.82) is 0 Å². The van der Waals surface area contributed by atoms with Crippen molar-refractivity contribution in [1.82, 2.24) is 30.0 Å². The average molecular weight is 789 g/mol. The fourth-order valence-corrected chi connectivity index (χ4v) is 9.53. The number of aromatic nitrogens is 2. The van der Waals surface area contributed by atoms with Gasteiger partial charge in [-0.25, -0.2) is 9.97 Å². The first-order valence-corrected chi connectivity index (χ1v) is 20.9. The maximum absolute atomic E-state index is 14.0. The molecule has 2 saturated heterocycles. The van der Waals surface area contributed by atoms with E-state index < -0.39 is 17.8 Å². The lowest BCUT2D eigenvalue weighted by Gasteiger charge is -2.45. The number of carbonyl (C=O) groups is 2. The van der Waals surface area contributed by atoms with E-state index in [1.54, 1.807) is 0 Å². The highest BCUT2D eigenvalue weighted by Gasteiger charge is 2.44. The maximum Gasteiger partial charge on any atom is 0.416 e. The quantitative estimate of drug-likeness (QED) is 0.201. The van der Waals surface area contributed by atoms with Crippen LogP contribution in [0.5, 0.6) is 0 Å². The lowest BCUT2D eigenvalue weighted by Crippen LogP contribution is -2.59. The number of carbonyl (C=O) groups excluding carboxylic acids is 2. The number of nitrogens with two attached hydrogens (primary N) is 1. The Labute approximate surface area is 329 Å². The Kier molecular flexibility index (Phi) is 14.8. The van der Waals surface area contributed by atoms with Gasteiger partial charge in [0.25, 0.3) is 0 Å². The predicted octanol–water partition coefficient (Wildman–Crippen LogP) is 4.92. The van der Waals surface area contributed by atoms with Crippen LogP contribution >= 0.6 is 0 Å². The van der Waals surface area contributed by atoms with Gasteiger partial charge in [-0.3, -0.25) is 9.59 Å². The summed E-state index contributed by atoms with van der Waals surface area (Å²) in [5, 5.41) is 6.85. The van der Waals surface area contributed by atoms with Gasteiger partial charge in [-0.2, -0.15) is 13.2 Å². The Morgan fingerprint density at radius 2 is 1.66 bits per heavy atom. The van der Waals surface area contributed by atoms with Gasteiger partial charge < -0.3 is 40.5 Å². The number of anilines is 1. The fraction of sp³-hybridized carbons (Fsp3) is 0.756. The molecule has 0 unspecified atom stereocenters. The molecule has 4 N–H and O–H groups in total. The molecule has 1 aromatic heterocycles. The number of likely N-dealkylation sites (tertiary alicyclic amines) is 2. The Morgan fingerprint density at radius 3 is 2.36 bits per heavy atom. The van der Waals surface area contributed by atoms with E-state index in [1.807, 2.05) is 4.90 Å². The highest BCUT2D eigenvalue weighted by molar-refractivity contribution is 5.93. The highest BCUT2D eigenvalue weighted by Crippen LogP contribution is 2.39. The molecule has 2 saturated carbocycles. The van der Waals surface area contributed by atoms with Crippen molar-refractivity contribution >= 4 is 28.5 Å². The number of amides is 2. The summed E-state index contributed by atoms with van der Waals surface area (Å²) in [6.07, 6.45) is 6.00. The van der Waals surface area contributed by atoms with Gasteiger partial charge in [-0.15, -0.1) is 0 Å². The van der Waals surface area contributed by atoms with E-state index in [-0.39, 0.29) is 47.1 Å². The zero-order chi connectivity index (χ0) is 39.8. The molecule has 0 spiro atoms. The van der Waals surface area contributed by atoms with Crippen LogP contribution < -0.4 is 16.4 Å². The Morgan fingerprint density at radius 1 is 0.946 bits per heavy atom. The van der Waals surface area contributed by atoms with Gasteiger partial charge in [0.05, 0.1) is 49.6 Å². The number of nitrogens with one attached hydrogen (secondary N) is 2. The van der Waals surface area contributed by atoms with E-state index in [2.05, 4.69) is 51.3 Å². The van der Waals surface area contributed by atoms with Crippen LogP contribution in [0.25, 0.3) is 10.9 Å². The molecular weight excluding hydrogens is 725 g/mol. The van der Waals surface area contributed by atoms with Gasteiger partial charge in [-0.05, 0) is 128 Å². The van der Waals surface area contributed by atoms with Gasteiger partial charge in [0.2, 0.25) is 11.8 Å². The standard InChI is InChI=1S/C41H63F3N8O4/c1-27(2)50(3)32-9-11-37(52-18-14-35(40(52)54)48-38-33-24-31(41(42,43)44)8-10-34(33)46-26-47-38)36(25-32)49-39(53)30-6-4-28(5-7-30)29-12-16-51(17-13-29)19-21-56-23-22-55-20-15-45/h8,10,24,26-30,32,35-37H,4-7,9,11-23,25,45H2,1-3H3,(H,49,53)(H,46,47,48)/t28-,30-,32-,35+,36-,37+/m1/s1. The van der Waals surface area contributed by atoms with Crippen molar-refractivity contribution in [2.75, 3.05) is 71.5 Å². The Balaban J connectivity index is 1.02. The zero-order valence-electron chi connectivity index (χ0n) is 33.4. The molecule has 4 atom stereocenters. The molecule has 2 aliphatic carbocycles. The monoisotopic (exact) mass is 788 g/mol. The van der Waals surface area contributed by atoms with E-state index in [9.17, 15) is 22.8 Å². The van der Waals surface area contributed by atoms with Crippen LogP contribution in [0.15, 0.2) is 24.5 Å². The lowest BCUT2D eigenvalue weighted by atomic mass is 9.72. The second-order valence-electron chi connectivity index (χ2n) is 16.7. The van der Waals surface area contributed by atoms with E-state index in [4.69, 9.17) is 15.2 Å². The number of halogens is 3. The van der Waals surface area contributed by atoms with Gasteiger partial charge >= 0.3 is 6.18 Å². The SMILES string of the molecule is CC(C)N(C)[C@@H]1CC[C@H](N2CC[C@H](Nc3ncnc4ccc(C(F)(F)F)cc34)C2=O)[C@H](NC(=O)[C@H]2CC[C@H](C3CCN(CCOCCOCCN)CC3)CC2)C1. The first-order valence-electron chi connectivity index (χ1n) is 20.9. The van der Waals surface area contributed by atoms with E-state index in [1.165, 1.54) is 25.2 Å². The summed E-state index contributed by atoms with van der Waals surface area (Å²) in [4.78, 5) is 43.2. The molecule has 15 heteroatoms. The minimum absolute atomic E-state index is 0.0301. The third kappa shape index (κ3) is 10.7. The average Bonchev–Trinajstić information content (AvgIpc) is 3.55. The largest absolute Gasteiger partial charge is 0.416 e. The van der Waals surface area contributed by atoms with Crippen LogP contribution in [0.3, 0.4) is 0 Å². The molecule has 4 fully saturated rings. The number of piperidine rings is 1. The van der Waals surface area contributed by atoms with Crippen molar-refractivity contribution < 1.29 is 32.2 Å². The third-order valence-corrected chi connectivity index (χ3v) is 13.0. The molecule has 0 bridgehead atoms. The molecule has 3 heterocycles. The summed E-state index contributed by atoms with van der Waals surface area (Å²) in [6.45, 7) is 11.0. The van der Waals surface area contributed by atoms with Crippen LogP contribution in [0.2, 0.25) is 0 Å². The van der Waals surface area contributed by atoms with Crippen LogP contribution in [0, 0.1) is 17.8 Å². The molecule has 12 nitrogen and oxygen atoms in total. The van der Waals surface area contributed by atoms with Crippen molar-refractivity contribution in [3.8, 4) is 0 Å². The predicted molar refractivity (Wildman–Crippen MR) is 210 cm³/mol. The molecule has 56 heavy (non-hydrogen) atoms. The summed E-state index contributed by atoms with van der Waals surface area (Å²) >= 11 is 0. The van der Waals surface area contributed by atoms with Crippen molar-refractivity contribution in [2.24, 2.45) is 23.5 Å². The highest BCUT2D eigenvalue weighted by atomic mass is 19.4. The first kappa shape index (κ1) is 42.5. The molecule has 312 valence electrons. The fourth-order valence-electron chi connectivity index (χ4n) is 9.53. The zero-order valence-corrected chi connectivity index (χ0v) is 33.4. The number of benzene rings is 1. The number of fused-ring (bicyclic) bond motifs is 1.